The highest BCUT2D eigenvalue weighted by Crippen LogP contribution is 2.08. The maximum atomic E-state index is 12.4. The predicted octanol–water partition coefficient (Wildman–Crippen LogP) is 1.39. The summed E-state index contributed by atoms with van der Waals surface area (Å²) in [7, 11) is 0. The maximum absolute atomic E-state index is 12.4. The summed E-state index contributed by atoms with van der Waals surface area (Å²) in [6, 6.07) is 5.43. The van der Waals surface area contributed by atoms with Crippen molar-refractivity contribution < 1.29 is 0 Å². The van der Waals surface area contributed by atoms with E-state index < -0.39 is 0 Å². The van der Waals surface area contributed by atoms with Gasteiger partial charge in [-0.25, -0.2) is 9.97 Å². The van der Waals surface area contributed by atoms with Crippen LogP contribution >= 0.6 is 0 Å². The van der Waals surface area contributed by atoms with Crippen LogP contribution in [0.3, 0.4) is 0 Å². The van der Waals surface area contributed by atoms with E-state index in [1.54, 1.807) is 18.3 Å². The summed E-state index contributed by atoms with van der Waals surface area (Å²) >= 11 is 0. The third-order valence-electron chi connectivity index (χ3n) is 3.88. The molecule has 0 amide bonds. The molecule has 0 spiro atoms. The number of likely N-dealkylation sites (N-methyl/N-ethyl adjacent to an activating group) is 1. The van der Waals surface area contributed by atoms with Crippen LogP contribution in [0.5, 0.6) is 0 Å². The smallest absolute Gasteiger partial charge is 0.268 e. The molecule has 120 valence electrons. The van der Waals surface area contributed by atoms with Gasteiger partial charge in [-0.15, -0.1) is 0 Å². The molecule has 3 aromatic heterocycles. The summed E-state index contributed by atoms with van der Waals surface area (Å²) in [5.74, 6) is 0.497. The zero-order valence-corrected chi connectivity index (χ0v) is 13.4. The molecular weight excluding hydrogens is 292 g/mol. The quantitative estimate of drug-likeness (QED) is 0.693. The zero-order valence-electron chi connectivity index (χ0n) is 13.4. The molecular formula is C16H20N6O. The van der Waals surface area contributed by atoms with E-state index in [2.05, 4.69) is 39.0 Å². The molecule has 3 aromatic rings. The molecule has 0 saturated carbocycles. The van der Waals surface area contributed by atoms with E-state index in [1.165, 1.54) is 10.6 Å². The molecule has 0 radical (unpaired) electrons. The van der Waals surface area contributed by atoms with Gasteiger partial charge in [0.2, 0.25) is 5.95 Å². The van der Waals surface area contributed by atoms with Gasteiger partial charge >= 0.3 is 0 Å². The summed E-state index contributed by atoms with van der Waals surface area (Å²) in [5, 5.41) is 3.61. The van der Waals surface area contributed by atoms with Crippen LogP contribution in [-0.2, 0) is 0 Å². The monoisotopic (exact) mass is 312 g/mol. The minimum Gasteiger partial charge on any atom is -0.353 e. The van der Waals surface area contributed by atoms with Gasteiger partial charge in [-0.05, 0) is 25.2 Å². The van der Waals surface area contributed by atoms with Gasteiger partial charge in [0.05, 0.1) is 0 Å². The largest absolute Gasteiger partial charge is 0.353 e. The second-order valence-electron chi connectivity index (χ2n) is 5.23. The van der Waals surface area contributed by atoms with E-state index in [-0.39, 0.29) is 5.56 Å². The fraction of sp³-hybridized carbons (Fsp3) is 0.375. The van der Waals surface area contributed by atoms with Gasteiger partial charge < -0.3 is 10.2 Å². The molecule has 7 heteroatoms. The van der Waals surface area contributed by atoms with E-state index in [1.807, 2.05) is 6.07 Å². The highest BCUT2D eigenvalue weighted by Gasteiger charge is 2.08. The lowest BCUT2D eigenvalue weighted by Crippen LogP contribution is -2.29. The van der Waals surface area contributed by atoms with Crippen molar-refractivity contribution in [3.63, 3.8) is 0 Å². The van der Waals surface area contributed by atoms with Gasteiger partial charge in [-0.3, -0.25) is 9.20 Å². The number of nitrogens with one attached hydrogen (secondary N) is 1. The average Bonchev–Trinajstić information content (AvgIpc) is 2.59. The molecule has 0 aliphatic heterocycles. The molecule has 23 heavy (non-hydrogen) atoms. The first-order chi connectivity index (χ1) is 11.2. The zero-order chi connectivity index (χ0) is 16.2. The summed E-state index contributed by atoms with van der Waals surface area (Å²) in [4.78, 5) is 27.7. The number of hydrogen-bond donors (Lipinski definition) is 1. The summed E-state index contributed by atoms with van der Waals surface area (Å²) in [6.45, 7) is 7.97. The van der Waals surface area contributed by atoms with Crippen molar-refractivity contribution >= 4 is 22.6 Å². The third kappa shape index (κ3) is 3.14. The lowest BCUT2D eigenvalue weighted by molar-refractivity contribution is 0.316. The Morgan fingerprint density at radius 3 is 2.83 bits per heavy atom. The van der Waals surface area contributed by atoms with E-state index in [0.717, 1.165) is 26.2 Å². The Bertz CT molecular complexity index is 871. The lowest BCUT2D eigenvalue weighted by atomic mass is 10.3. The Morgan fingerprint density at radius 1 is 1.22 bits per heavy atom. The van der Waals surface area contributed by atoms with E-state index in [0.29, 0.717) is 22.6 Å². The van der Waals surface area contributed by atoms with Gasteiger partial charge in [0.15, 0.2) is 5.65 Å². The average molecular weight is 312 g/mol. The highest BCUT2D eigenvalue weighted by atomic mass is 16.1. The summed E-state index contributed by atoms with van der Waals surface area (Å²) in [6.07, 6.45) is 3.23. The summed E-state index contributed by atoms with van der Waals surface area (Å²) in [5.41, 5.74) is 0.847. The number of fused-ring (bicyclic) bond motifs is 2. The van der Waals surface area contributed by atoms with Crippen molar-refractivity contribution in [1.82, 2.24) is 24.3 Å². The Morgan fingerprint density at radius 2 is 2.04 bits per heavy atom. The van der Waals surface area contributed by atoms with Crippen molar-refractivity contribution in [3.05, 3.63) is 40.9 Å². The Kier molecular flexibility index (Phi) is 4.47. The summed E-state index contributed by atoms with van der Waals surface area (Å²) < 4.78 is 1.50. The Hall–Kier alpha value is -2.54. The van der Waals surface area contributed by atoms with Gasteiger partial charge in [-0.1, -0.05) is 19.9 Å². The third-order valence-corrected chi connectivity index (χ3v) is 3.88. The fourth-order valence-corrected chi connectivity index (χ4v) is 2.49. The number of pyridine rings is 1. The van der Waals surface area contributed by atoms with Crippen LogP contribution in [0.15, 0.2) is 35.4 Å². The maximum Gasteiger partial charge on any atom is 0.268 e. The number of anilines is 1. The normalized spacial score (nSPS) is 11.4. The van der Waals surface area contributed by atoms with Crippen LogP contribution in [0.1, 0.15) is 13.8 Å². The Balaban J connectivity index is 1.87. The second-order valence-corrected chi connectivity index (χ2v) is 5.23. The SMILES string of the molecule is CCN(CC)CCNc1ncc2c(=O)n3ccccc3nc2n1. The van der Waals surface area contributed by atoms with E-state index >= 15 is 0 Å². The van der Waals surface area contributed by atoms with Crippen LogP contribution in [0.4, 0.5) is 5.95 Å². The number of nitrogens with zero attached hydrogens (tertiary/aromatic N) is 5. The minimum absolute atomic E-state index is 0.153. The topological polar surface area (TPSA) is 75.4 Å². The molecule has 0 unspecified atom stereocenters. The van der Waals surface area contributed by atoms with Crippen molar-refractivity contribution in [2.24, 2.45) is 0 Å². The molecule has 0 atom stereocenters. The van der Waals surface area contributed by atoms with Crippen LogP contribution in [0, 0.1) is 0 Å². The van der Waals surface area contributed by atoms with Gasteiger partial charge in [0.25, 0.3) is 5.56 Å². The number of hydrogen-bond acceptors (Lipinski definition) is 6. The molecule has 3 heterocycles. The molecule has 0 bridgehead atoms. The molecule has 0 aliphatic rings. The molecule has 7 nitrogen and oxygen atoms in total. The van der Waals surface area contributed by atoms with E-state index in [9.17, 15) is 4.79 Å². The molecule has 0 saturated heterocycles. The van der Waals surface area contributed by atoms with Crippen molar-refractivity contribution in [2.75, 3.05) is 31.5 Å². The van der Waals surface area contributed by atoms with Crippen molar-refractivity contribution in [1.29, 1.82) is 0 Å². The Labute approximate surface area is 134 Å². The van der Waals surface area contributed by atoms with Crippen LogP contribution < -0.4 is 10.9 Å². The predicted molar refractivity (Wildman–Crippen MR) is 90.8 cm³/mol. The first kappa shape index (κ1) is 15.4. The van der Waals surface area contributed by atoms with Crippen LogP contribution in [0.25, 0.3) is 16.7 Å². The van der Waals surface area contributed by atoms with Gasteiger partial charge in [-0.2, -0.15) is 4.98 Å². The van der Waals surface area contributed by atoms with Crippen LogP contribution in [-0.4, -0.2) is 50.4 Å². The van der Waals surface area contributed by atoms with E-state index in [4.69, 9.17) is 0 Å². The first-order valence-electron chi connectivity index (χ1n) is 7.83. The van der Waals surface area contributed by atoms with Gasteiger partial charge in [0, 0.05) is 25.5 Å². The standard InChI is InChI=1S/C16H20N6O/c1-3-21(4-2)10-8-17-16-18-11-12-14(20-16)19-13-7-5-6-9-22(13)15(12)23/h5-7,9,11H,3-4,8,10H2,1-2H3,(H,17,18,20). The number of rotatable bonds is 6. The second kappa shape index (κ2) is 6.70. The molecule has 1 N–H and O–H groups in total. The van der Waals surface area contributed by atoms with Gasteiger partial charge in [0.1, 0.15) is 11.0 Å². The lowest BCUT2D eigenvalue weighted by Gasteiger charge is -2.17. The number of aromatic nitrogens is 4. The fourth-order valence-electron chi connectivity index (χ4n) is 2.49. The molecule has 3 rings (SSSR count). The first-order valence-corrected chi connectivity index (χ1v) is 7.83. The molecule has 0 aliphatic carbocycles. The van der Waals surface area contributed by atoms with Crippen molar-refractivity contribution in [2.45, 2.75) is 13.8 Å². The van der Waals surface area contributed by atoms with Crippen LogP contribution in [0.2, 0.25) is 0 Å². The molecule has 0 fully saturated rings. The van der Waals surface area contributed by atoms with Crippen molar-refractivity contribution in [3.8, 4) is 0 Å². The minimum atomic E-state index is -0.153. The highest BCUT2D eigenvalue weighted by molar-refractivity contribution is 5.75. The molecule has 0 aromatic carbocycles.